The van der Waals surface area contributed by atoms with Crippen molar-refractivity contribution >= 4 is 42.6 Å². The molecule has 3 heteroatoms. The molecule has 2 rings (SSSR count). The normalized spacial score (nSPS) is 10.9. The lowest BCUT2D eigenvalue weighted by molar-refractivity contribution is 1.17. The predicted molar refractivity (Wildman–Crippen MR) is 66.6 cm³/mol. The molecule has 1 aromatic heterocycles. The Labute approximate surface area is 99.8 Å². The van der Waals surface area contributed by atoms with E-state index in [1.165, 1.54) is 16.3 Å². The molecule has 1 nitrogen and oxygen atoms in total. The van der Waals surface area contributed by atoms with Gasteiger partial charge in [-0.3, -0.25) is 0 Å². The molecule has 0 aliphatic heterocycles. The molecule has 1 heterocycles. The van der Waals surface area contributed by atoms with E-state index in [2.05, 4.69) is 62.0 Å². The first-order chi connectivity index (χ1) is 6.61. The van der Waals surface area contributed by atoms with Gasteiger partial charge in [0.1, 0.15) is 4.60 Å². The zero-order valence-corrected chi connectivity index (χ0v) is 11.1. The van der Waals surface area contributed by atoms with Crippen molar-refractivity contribution in [1.29, 1.82) is 0 Å². The average Bonchev–Trinajstić information content (AvgIpc) is 2.14. The van der Waals surface area contributed by atoms with Crippen molar-refractivity contribution in [2.24, 2.45) is 0 Å². The van der Waals surface area contributed by atoms with E-state index >= 15 is 0 Å². The Hall–Kier alpha value is -0.410. The van der Waals surface area contributed by atoms with Crippen molar-refractivity contribution in [2.75, 3.05) is 0 Å². The standard InChI is InChI=1S/C11H9Br2N/c1-6-4-3-5-8-9(6)11(13)14-7(2)10(8)12/h3-5H,1-2H3. The number of benzene rings is 1. The van der Waals surface area contributed by atoms with Crippen LogP contribution in [0.5, 0.6) is 0 Å². The number of hydrogen-bond acceptors (Lipinski definition) is 1. The summed E-state index contributed by atoms with van der Waals surface area (Å²) in [5.74, 6) is 0. The molecule has 0 aliphatic carbocycles. The zero-order valence-electron chi connectivity index (χ0n) is 7.94. The van der Waals surface area contributed by atoms with Gasteiger partial charge in [0.25, 0.3) is 0 Å². The molecule has 0 bridgehead atoms. The summed E-state index contributed by atoms with van der Waals surface area (Å²) >= 11 is 7.07. The molecule has 0 amide bonds. The quantitative estimate of drug-likeness (QED) is 0.658. The van der Waals surface area contributed by atoms with Gasteiger partial charge in [-0.1, -0.05) is 18.2 Å². The highest BCUT2D eigenvalue weighted by Gasteiger charge is 2.08. The molecule has 14 heavy (non-hydrogen) atoms. The molecule has 0 aliphatic rings. The van der Waals surface area contributed by atoms with Crippen molar-refractivity contribution in [2.45, 2.75) is 13.8 Å². The number of halogens is 2. The highest BCUT2D eigenvalue weighted by Crippen LogP contribution is 2.32. The van der Waals surface area contributed by atoms with Crippen LogP contribution in [0.3, 0.4) is 0 Å². The molecular formula is C11H9Br2N. The third-order valence-electron chi connectivity index (χ3n) is 2.30. The molecule has 0 fully saturated rings. The van der Waals surface area contributed by atoms with Gasteiger partial charge in [0.05, 0.1) is 5.69 Å². The molecule has 0 unspecified atom stereocenters. The van der Waals surface area contributed by atoms with E-state index < -0.39 is 0 Å². The third kappa shape index (κ3) is 1.48. The van der Waals surface area contributed by atoms with Crippen molar-refractivity contribution in [3.8, 4) is 0 Å². The first-order valence-corrected chi connectivity index (χ1v) is 5.91. The summed E-state index contributed by atoms with van der Waals surface area (Å²) in [5, 5.41) is 2.40. The summed E-state index contributed by atoms with van der Waals surface area (Å²) in [6, 6.07) is 6.26. The molecule has 0 saturated carbocycles. The number of aryl methyl sites for hydroxylation is 2. The minimum atomic E-state index is 0.922. The summed E-state index contributed by atoms with van der Waals surface area (Å²) in [6.07, 6.45) is 0. The van der Waals surface area contributed by atoms with Gasteiger partial charge in [0.2, 0.25) is 0 Å². The molecule has 0 saturated heterocycles. The Morgan fingerprint density at radius 2 is 1.86 bits per heavy atom. The summed E-state index contributed by atoms with van der Waals surface area (Å²) in [6.45, 7) is 4.09. The Morgan fingerprint density at radius 3 is 2.57 bits per heavy atom. The number of nitrogens with zero attached hydrogens (tertiary/aromatic N) is 1. The SMILES string of the molecule is Cc1nc(Br)c2c(C)cccc2c1Br. The first-order valence-electron chi connectivity index (χ1n) is 4.32. The molecule has 0 spiro atoms. The summed E-state index contributed by atoms with van der Waals surface area (Å²) in [5.41, 5.74) is 2.25. The number of rotatable bonds is 0. The maximum absolute atomic E-state index is 4.43. The summed E-state index contributed by atoms with van der Waals surface area (Å²) in [4.78, 5) is 4.43. The van der Waals surface area contributed by atoms with Gasteiger partial charge in [-0.25, -0.2) is 4.98 Å². The monoisotopic (exact) mass is 313 g/mol. The van der Waals surface area contributed by atoms with E-state index in [0.717, 1.165) is 14.8 Å². The third-order valence-corrected chi connectivity index (χ3v) is 3.87. The lowest BCUT2D eigenvalue weighted by Gasteiger charge is -2.08. The Morgan fingerprint density at radius 1 is 1.14 bits per heavy atom. The molecular weight excluding hydrogens is 306 g/mol. The van der Waals surface area contributed by atoms with Crippen LogP contribution in [0.1, 0.15) is 11.3 Å². The van der Waals surface area contributed by atoms with Crippen molar-refractivity contribution in [3.05, 3.63) is 38.5 Å². The number of hydrogen-bond donors (Lipinski definition) is 0. The molecule has 0 N–H and O–H groups in total. The molecule has 2 aromatic rings. The number of fused-ring (bicyclic) bond motifs is 1. The maximum Gasteiger partial charge on any atom is 0.114 e. The topological polar surface area (TPSA) is 12.9 Å². The Kier molecular flexibility index (Phi) is 2.62. The van der Waals surface area contributed by atoms with Gasteiger partial charge in [0.15, 0.2) is 0 Å². The summed E-state index contributed by atoms with van der Waals surface area (Å²) in [7, 11) is 0. The highest BCUT2D eigenvalue weighted by atomic mass is 79.9. The van der Waals surface area contributed by atoms with Gasteiger partial charge >= 0.3 is 0 Å². The van der Waals surface area contributed by atoms with Crippen LogP contribution in [0.4, 0.5) is 0 Å². The minimum absolute atomic E-state index is 0.922. The second-order valence-corrected chi connectivity index (χ2v) is 4.84. The fourth-order valence-corrected chi connectivity index (χ4v) is 2.78. The molecule has 0 radical (unpaired) electrons. The minimum Gasteiger partial charge on any atom is -0.244 e. The van der Waals surface area contributed by atoms with E-state index in [1.54, 1.807) is 0 Å². The van der Waals surface area contributed by atoms with Crippen LogP contribution in [-0.2, 0) is 0 Å². The Bertz CT molecular complexity index is 506. The van der Waals surface area contributed by atoms with Crippen LogP contribution in [0, 0.1) is 13.8 Å². The van der Waals surface area contributed by atoms with Crippen molar-refractivity contribution in [1.82, 2.24) is 4.98 Å². The smallest absolute Gasteiger partial charge is 0.114 e. The van der Waals surface area contributed by atoms with Crippen LogP contribution < -0.4 is 0 Å². The number of pyridine rings is 1. The van der Waals surface area contributed by atoms with E-state index in [0.29, 0.717) is 0 Å². The van der Waals surface area contributed by atoms with E-state index in [9.17, 15) is 0 Å². The first kappa shape index (κ1) is 10.1. The van der Waals surface area contributed by atoms with E-state index in [4.69, 9.17) is 0 Å². The molecule has 72 valence electrons. The van der Waals surface area contributed by atoms with Gasteiger partial charge in [0, 0.05) is 15.2 Å². The average molecular weight is 315 g/mol. The lowest BCUT2D eigenvalue weighted by atomic mass is 10.1. The second kappa shape index (κ2) is 3.63. The van der Waals surface area contributed by atoms with Gasteiger partial charge < -0.3 is 0 Å². The predicted octanol–water partition coefficient (Wildman–Crippen LogP) is 4.38. The van der Waals surface area contributed by atoms with E-state index in [-0.39, 0.29) is 0 Å². The molecule has 0 atom stereocenters. The highest BCUT2D eigenvalue weighted by molar-refractivity contribution is 9.11. The van der Waals surface area contributed by atoms with Crippen LogP contribution >= 0.6 is 31.9 Å². The maximum atomic E-state index is 4.43. The fourth-order valence-electron chi connectivity index (χ4n) is 1.57. The van der Waals surface area contributed by atoms with E-state index in [1.807, 2.05) is 6.92 Å². The largest absolute Gasteiger partial charge is 0.244 e. The van der Waals surface area contributed by atoms with Crippen LogP contribution in [-0.4, -0.2) is 4.98 Å². The lowest BCUT2D eigenvalue weighted by Crippen LogP contribution is -1.89. The van der Waals surface area contributed by atoms with Crippen LogP contribution in [0.2, 0.25) is 0 Å². The zero-order chi connectivity index (χ0) is 10.3. The second-order valence-electron chi connectivity index (χ2n) is 3.30. The fraction of sp³-hybridized carbons (Fsp3) is 0.182. The van der Waals surface area contributed by atoms with Gasteiger partial charge in [-0.15, -0.1) is 0 Å². The van der Waals surface area contributed by atoms with Crippen molar-refractivity contribution in [3.63, 3.8) is 0 Å². The van der Waals surface area contributed by atoms with Crippen LogP contribution in [0.25, 0.3) is 10.8 Å². The van der Waals surface area contributed by atoms with Crippen molar-refractivity contribution < 1.29 is 0 Å². The molecule has 1 aromatic carbocycles. The summed E-state index contributed by atoms with van der Waals surface area (Å²) < 4.78 is 2.01. The Balaban J connectivity index is 3.02. The van der Waals surface area contributed by atoms with Gasteiger partial charge in [-0.2, -0.15) is 0 Å². The van der Waals surface area contributed by atoms with Gasteiger partial charge in [-0.05, 0) is 51.3 Å². The van der Waals surface area contributed by atoms with Crippen LogP contribution in [0.15, 0.2) is 27.3 Å². The number of aromatic nitrogens is 1.